The maximum absolute atomic E-state index is 12.6. The number of aromatic nitrogens is 2. The lowest BCUT2D eigenvalue weighted by Gasteiger charge is -2.34. The predicted molar refractivity (Wildman–Crippen MR) is 99.5 cm³/mol. The Balaban J connectivity index is 1.50. The molecular formula is C19H21ClN4O2. The summed E-state index contributed by atoms with van der Waals surface area (Å²) in [7, 11) is 0. The minimum absolute atomic E-state index is 0.0284. The van der Waals surface area contributed by atoms with E-state index < -0.39 is 0 Å². The maximum atomic E-state index is 12.6. The highest BCUT2D eigenvalue weighted by molar-refractivity contribution is 6.30. The molecule has 1 aromatic heterocycles. The van der Waals surface area contributed by atoms with E-state index in [9.17, 15) is 4.79 Å². The van der Waals surface area contributed by atoms with Gasteiger partial charge in [0.2, 0.25) is 0 Å². The normalized spacial score (nSPS) is 20.4. The Bertz CT molecular complexity index is 777. The number of hydrogen-bond donors (Lipinski definition) is 0. The van der Waals surface area contributed by atoms with Gasteiger partial charge in [0.15, 0.2) is 0 Å². The van der Waals surface area contributed by atoms with E-state index in [0.717, 1.165) is 43.9 Å². The van der Waals surface area contributed by atoms with Crippen LogP contribution in [0.4, 0.5) is 5.82 Å². The van der Waals surface area contributed by atoms with Crippen molar-refractivity contribution in [3.05, 3.63) is 52.9 Å². The molecule has 2 fully saturated rings. The summed E-state index contributed by atoms with van der Waals surface area (Å²) in [6.45, 7) is 3.60. The van der Waals surface area contributed by atoms with Gasteiger partial charge < -0.3 is 14.5 Å². The zero-order chi connectivity index (χ0) is 17.9. The molecule has 1 amide bonds. The van der Waals surface area contributed by atoms with Gasteiger partial charge in [-0.3, -0.25) is 9.78 Å². The monoisotopic (exact) mass is 372 g/mol. The average Bonchev–Trinajstić information content (AvgIpc) is 3.23. The van der Waals surface area contributed by atoms with Crippen molar-refractivity contribution in [2.24, 2.45) is 0 Å². The largest absolute Gasteiger partial charge is 0.370 e. The Labute approximate surface area is 157 Å². The van der Waals surface area contributed by atoms with Crippen molar-refractivity contribution < 1.29 is 9.53 Å². The van der Waals surface area contributed by atoms with E-state index in [1.165, 1.54) is 0 Å². The molecule has 2 aliphatic heterocycles. The Kier molecular flexibility index (Phi) is 5.04. The molecule has 2 aromatic rings. The smallest absolute Gasteiger partial charge is 0.274 e. The second-order valence-corrected chi connectivity index (χ2v) is 7.06. The molecule has 0 aliphatic carbocycles. The molecule has 2 aliphatic rings. The lowest BCUT2D eigenvalue weighted by molar-refractivity contribution is 0.0395. The molecule has 6 nitrogen and oxygen atoms in total. The Morgan fingerprint density at radius 2 is 1.88 bits per heavy atom. The molecule has 0 unspecified atom stereocenters. The number of nitrogens with zero attached hydrogens (tertiary/aromatic N) is 4. The number of anilines is 1. The summed E-state index contributed by atoms with van der Waals surface area (Å²) in [4.78, 5) is 25.4. The number of amides is 1. The number of carbonyl (C=O) groups excluding carboxylic acids is 1. The lowest BCUT2D eigenvalue weighted by Crippen LogP contribution is -2.39. The third-order valence-corrected chi connectivity index (χ3v) is 5.12. The van der Waals surface area contributed by atoms with Crippen molar-refractivity contribution in [3.63, 3.8) is 0 Å². The van der Waals surface area contributed by atoms with Gasteiger partial charge in [-0.15, -0.1) is 0 Å². The van der Waals surface area contributed by atoms with Crippen molar-refractivity contribution in [1.29, 1.82) is 0 Å². The fraction of sp³-hybridized carbons (Fsp3) is 0.421. The topological polar surface area (TPSA) is 58.6 Å². The molecule has 2 saturated heterocycles. The van der Waals surface area contributed by atoms with Crippen LogP contribution in [0.15, 0.2) is 36.7 Å². The highest BCUT2D eigenvalue weighted by Crippen LogP contribution is 2.26. The predicted octanol–water partition coefficient (Wildman–Crippen LogP) is 2.94. The summed E-state index contributed by atoms with van der Waals surface area (Å²) in [5, 5.41) is 0.709. The molecule has 0 saturated carbocycles. The van der Waals surface area contributed by atoms with Crippen LogP contribution in [0.25, 0.3) is 0 Å². The maximum Gasteiger partial charge on any atom is 0.274 e. The van der Waals surface area contributed by atoms with E-state index in [-0.39, 0.29) is 12.0 Å². The van der Waals surface area contributed by atoms with Gasteiger partial charge in [0, 0.05) is 31.2 Å². The Morgan fingerprint density at radius 1 is 1.12 bits per heavy atom. The molecule has 4 rings (SSSR count). The fourth-order valence-electron chi connectivity index (χ4n) is 3.43. The van der Waals surface area contributed by atoms with Crippen molar-refractivity contribution in [2.45, 2.75) is 18.9 Å². The van der Waals surface area contributed by atoms with Crippen LogP contribution in [-0.4, -0.2) is 53.6 Å². The van der Waals surface area contributed by atoms with Crippen molar-refractivity contribution in [2.75, 3.05) is 37.7 Å². The number of ether oxygens (including phenoxy) is 1. The minimum Gasteiger partial charge on any atom is -0.370 e. The Hall–Kier alpha value is -2.18. The number of rotatable bonds is 3. The molecule has 1 aromatic carbocycles. The molecule has 0 radical (unpaired) electrons. The summed E-state index contributed by atoms with van der Waals surface area (Å²) in [5.74, 6) is 0.691. The number of morpholine rings is 1. The van der Waals surface area contributed by atoms with E-state index in [2.05, 4.69) is 14.9 Å². The highest BCUT2D eigenvalue weighted by Gasteiger charge is 2.25. The first-order valence-electron chi connectivity index (χ1n) is 8.94. The lowest BCUT2D eigenvalue weighted by atomic mass is 10.1. The van der Waals surface area contributed by atoms with Crippen LogP contribution in [0.3, 0.4) is 0 Å². The number of likely N-dealkylation sites (tertiary alicyclic amines) is 1. The molecular weight excluding hydrogens is 352 g/mol. The van der Waals surface area contributed by atoms with Crippen molar-refractivity contribution in [3.8, 4) is 0 Å². The second kappa shape index (κ2) is 7.60. The first kappa shape index (κ1) is 17.2. The van der Waals surface area contributed by atoms with Gasteiger partial charge in [-0.1, -0.05) is 23.7 Å². The first-order chi connectivity index (χ1) is 12.7. The highest BCUT2D eigenvalue weighted by atomic mass is 35.5. The molecule has 3 heterocycles. The molecule has 0 N–H and O–H groups in total. The molecule has 0 bridgehead atoms. The van der Waals surface area contributed by atoms with Crippen LogP contribution in [0.1, 0.15) is 35.0 Å². The fourth-order valence-corrected chi connectivity index (χ4v) is 3.56. The quantitative estimate of drug-likeness (QED) is 0.829. The summed E-state index contributed by atoms with van der Waals surface area (Å²) >= 11 is 5.97. The summed E-state index contributed by atoms with van der Waals surface area (Å²) < 4.78 is 5.91. The standard InChI is InChI=1S/C19H21ClN4O2/c20-15-5-3-14(4-6-15)17-13-24(9-10-26-17)18-12-21-11-16(22-18)19(25)23-7-1-2-8-23/h3-6,11-12,17H,1-2,7-10,13H2/t17-/m0/s1. The van der Waals surface area contributed by atoms with Crippen LogP contribution in [0.5, 0.6) is 0 Å². The van der Waals surface area contributed by atoms with Crippen LogP contribution < -0.4 is 4.90 Å². The zero-order valence-electron chi connectivity index (χ0n) is 14.5. The van der Waals surface area contributed by atoms with E-state index in [0.29, 0.717) is 23.9 Å². The van der Waals surface area contributed by atoms with Gasteiger partial charge in [-0.2, -0.15) is 0 Å². The van der Waals surface area contributed by atoms with Crippen LogP contribution >= 0.6 is 11.6 Å². The van der Waals surface area contributed by atoms with Crippen LogP contribution in [0, 0.1) is 0 Å². The van der Waals surface area contributed by atoms with Crippen molar-refractivity contribution >= 4 is 23.3 Å². The first-order valence-corrected chi connectivity index (χ1v) is 9.32. The van der Waals surface area contributed by atoms with Gasteiger partial charge >= 0.3 is 0 Å². The molecule has 26 heavy (non-hydrogen) atoms. The van der Waals surface area contributed by atoms with Gasteiger partial charge in [0.1, 0.15) is 17.6 Å². The third kappa shape index (κ3) is 3.66. The molecule has 0 spiro atoms. The average molecular weight is 373 g/mol. The summed E-state index contributed by atoms with van der Waals surface area (Å²) in [5.41, 5.74) is 1.50. The minimum atomic E-state index is -0.0549. The van der Waals surface area contributed by atoms with Gasteiger partial charge in [-0.05, 0) is 30.5 Å². The number of carbonyl (C=O) groups is 1. The molecule has 136 valence electrons. The molecule has 7 heteroatoms. The Morgan fingerprint density at radius 3 is 2.65 bits per heavy atom. The number of halogens is 1. The van der Waals surface area contributed by atoms with E-state index in [1.54, 1.807) is 12.4 Å². The van der Waals surface area contributed by atoms with Gasteiger partial charge in [-0.25, -0.2) is 4.98 Å². The second-order valence-electron chi connectivity index (χ2n) is 6.62. The van der Waals surface area contributed by atoms with Crippen LogP contribution in [-0.2, 0) is 4.74 Å². The van der Waals surface area contributed by atoms with Crippen molar-refractivity contribution in [1.82, 2.24) is 14.9 Å². The van der Waals surface area contributed by atoms with Crippen LogP contribution in [0.2, 0.25) is 5.02 Å². The summed E-state index contributed by atoms with van der Waals surface area (Å²) in [6, 6.07) is 7.70. The van der Waals surface area contributed by atoms with E-state index in [4.69, 9.17) is 16.3 Å². The van der Waals surface area contributed by atoms with E-state index in [1.807, 2.05) is 29.2 Å². The van der Waals surface area contributed by atoms with E-state index >= 15 is 0 Å². The number of benzene rings is 1. The molecule has 1 atom stereocenters. The van der Waals surface area contributed by atoms with Gasteiger partial charge in [0.05, 0.1) is 19.0 Å². The zero-order valence-corrected chi connectivity index (χ0v) is 15.2. The SMILES string of the molecule is O=C(c1cncc(N2CCO[C@H](c3ccc(Cl)cc3)C2)n1)N1CCCC1. The van der Waals surface area contributed by atoms with Gasteiger partial charge in [0.25, 0.3) is 5.91 Å². The summed E-state index contributed by atoms with van der Waals surface area (Å²) in [6.07, 6.45) is 5.34. The number of hydrogen-bond acceptors (Lipinski definition) is 5. The third-order valence-electron chi connectivity index (χ3n) is 4.87.